The first-order valence-corrected chi connectivity index (χ1v) is 10.7. The van der Waals surface area contributed by atoms with Gasteiger partial charge in [-0.2, -0.15) is 5.10 Å². The number of carbonyl (C=O) groups is 1. The lowest BCUT2D eigenvalue weighted by Gasteiger charge is -2.33. The molecule has 7 heteroatoms. The number of carboxylic acid groups (broad SMARTS) is 1. The standard InChI is InChI=1S/C26H19FN4O2/c27-20-5-8-23-15(12-20)2-1-9-31(23)24-13-18-11-17(26(32)33)4-6-21(18)29-25(24)16-3-7-22-19(10-16)14-28-30-22/h3-8,10-14H,1-2,9H2,(H,28,30)(H,32,33). The summed E-state index contributed by atoms with van der Waals surface area (Å²) in [6.45, 7) is 0.755. The molecule has 33 heavy (non-hydrogen) atoms. The minimum Gasteiger partial charge on any atom is -0.478 e. The maximum atomic E-state index is 13.9. The first-order valence-electron chi connectivity index (χ1n) is 10.7. The van der Waals surface area contributed by atoms with Crippen LogP contribution in [0.1, 0.15) is 22.3 Å². The molecule has 1 aliphatic rings. The highest BCUT2D eigenvalue weighted by molar-refractivity contribution is 5.97. The number of H-pyrrole nitrogens is 1. The van der Waals surface area contributed by atoms with Gasteiger partial charge >= 0.3 is 5.97 Å². The van der Waals surface area contributed by atoms with Crippen molar-refractivity contribution in [2.24, 2.45) is 0 Å². The SMILES string of the molecule is O=C(O)c1ccc2nc(-c3ccc4[nH]ncc4c3)c(N3CCCc4cc(F)ccc43)cc2c1. The molecule has 0 atom stereocenters. The number of pyridine rings is 1. The molecule has 0 amide bonds. The number of aromatic amines is 1. The smallest absolute Gasteiger partial charge is 0.335 e. The van der Waals surface area contributed by atoms with E-state index < -0.39 is 5.97 Å². The normalized spacial score (nSPS) is 13.4. The Labute approximate surface area is 188 Å². The van der Waals surface area contributed by atoms with Crippen molar-refractivity contribution >= 4 is 39.1 Å². The van der Waals surface area contributed by atoms with E-state index in [-0.39, 0.29) is 11.4 Å². The Balaban J connectivity index is 1.61. The number of halogens is 1. The molecule has 0 fully saturated rings. The summed E-state index contributed by atoms with van der Waals surface area (Å²) in [5.41, 5.74) is 6.33. The van der Waals surface area contributed by atoms with Crippen LogP contribution in [0.25, 0.3) is 33.1 Å². The van der Waals surface area contributed by atoms with E-state index in [2.05, 4.69) is 15.1 Å². The second-order valence-corrected chi connectivity index (χ2v) is 8.27. The minimum absolute atomic E-state index is 0.212. The summed E-state index contributed by atoms with van der Waals surface area (Å²) >= 11 is 0. The Hall–Kier alpha value is -4.26. The Morgan fingerprint density at radius 2 is 1.91 bits per heavy atom. The number of aromatic carboxylic acids is 1. The summed E-state index contributed by atoms with van der Waals surface area (Å²) in [5.74, 6) is -1.23. The molecule has 1 aliphatic heterocycles. The number of hydrogen-bond donors (Lipinski definition) is 2. The predicted octanol–water partition coefficient (Wildman–Crippen LogP) is 5.70. The number of anilines is 2. The van der Waals surface area contributed by atoms with E-state index in [0.717, 1.165) is 63.9 Å². The Kier molecular flexibility index (Phi) is 4.36. The van der Waals surface area contributed by atoms with Gasteiger partial charge in [0.1, 0.15) is 5.82 Å². The van der Waals surface area contributed by atoms with Gasteiger partial charge in [-0.25, -0.2) is 14.2 Å². The van der Waals surface area contributed by atoms with Crippen molar-refractivity contribution in [1.82, 2.24) is 15.2 Å². The molecule has 2 N–H and O–H groups in total. The number of benzene rings is 3. The first kappa shape index (κ1) is 19.4. The lowest BCUT2D eigenvalue weighted by molar-refractivity contribution is 0.0697. The fraction of sp³-hybridized carbons (Fsp3) is 0.115. The third kappa shape index (κ3) is 3.29. The molecule has 0 saturated heterocycles. The van der Waals surface area contributed by atoms with Gasteiger partial charge in [0, 0.05) is 28.6 Å². The zero-order valence-electron chi connectivity index (χ0n) is 17.5. The Morgan fingerprint density at radius 1 is 1.00 bits per heavy atom. The van der Waals surface area contributed by atoms with Crippen LogP contribution >= 0.6 is 0 Å². The fourth-order valence-electron chi connectivity index (χ4n) is 4.62. The molecule has 0 radical (unpaired) electrons. The number of carboxylic acids is 1. The average Bonchev–Trinajstić information content (AvgIpc) is 3.30. The molecule has 162 valence electrons. The zero-order valence-corrected chi connectivity index (χ0v) is 17.5. The molecule has 0 bridgehead atoms. The van der Waals surface area contributed by atoms with Crippen molar-refractivity contribution in [2.75, 3.05) is 11.4 Å². The Morgan fingerprint density at radius 3 is 2.79 bits per heavy atom. The highest BCUT2D eigenvalue weighted by Crippen LogP contribution is 2.40. The molecule has 0 spiro atoms. The lowest BCUT2D eigenvalue weighted by Crippen LogP contribution is -2.25. The highest BCUT2D eigenvalue weighted by Gasteiger charge is 2.23. The summed E-state index contributed by atoms with van der Waals surface area (Å²) in [7, 11) is 0. The van der Waals surface area contributed by atoms with E-state index in [4.69, 9.17) is 4.98 Å². The van der Waals surface area contributed by atoms with Crippen molar-refractivity contribution in [2.45, 2.75) is 12.8 Å². The van der Waals surface area contributed by atoms with E-state index >= 15 is 0 Å². The van der Waals surface area contributed by atoms with Crippen molar-refractivity contribution in [1.29, 1.82) is 0 Å². The molecule has 6 nitrogen and oxygen atoms in total. The van der Waals surface area contributed by atoms with E-state index in [1.165, 1.54) is 6.07 Å². The molecule has 0 saturated carbocycles. The van der Waals surface area contributed by atoms with Crippen molar-refractivity contribution in [3.63, 3.8) is 0 Å². The Bertz CT molecular complexity index is 1560. The molecular weight excluding hydrogens is 419 g/mol. The number of fused-ring (bicyclic) bond motifs is 3. The van der Waals surface area contributed by atoms with Crippen LogP contribution < -0.4 is 4.90 Å². The fourth-order valence-corrected chi connectivity index (χ4v) is 4.62. The van der Waals surface area contributed by atoms with Crippen LogP contribution in [0.15, 0.2) is 66.9 Å². The predicted molar refractivity (Wildman–Crippen MR) is 126 cm³/mol. The number of hydrogen-bond acceptors (Lipinski definition) is 4. The number of nitrogens with zero attached hydrogens (tertiary/aromatic N) is 3. The van der Waals surface area contributed by atoms with Gasteiger partial charge in [-0.3, -0.25) is 5.10 Å². The van der Waals surface area contributed by atoms with Crippen LogP contribution in [0.2, 0.25) is 0 Å². The third-order valence-electron chi connectivity index (χ3n) is 6.21. The molecule has 0 unspecified atom stereocenters. The van der Waals surface area contributed by atoms with Crippen LogP contribution in [0.3, 0.4) is 0 Å². The van der Waals surface area contributed by atoms with Gasteiger partial charge in [-0.15, -0.1) is 0 Å². The van der Waals surface area contributed by atoms with Gasteiger partial charge in [0.25, 0.3) is 0 Å². The first-order chi connectivity index (χ1) is 16.1. The monoisotopic (exact) mass is 438 g/mol. The minimum atomic E-state index is -0.980. The van der Waals surface area contributed by atoms with Gasteiger partial charge in [-0.1, -0.05) is 6.07 Å². The van der Waals surface area contributed by atoms with Crippen LogP contribution in [-0.2, 0) is 6.42 Å². The summed E-state index contributed by atoms with van der Waals surface area (Å²) in [6, 6.07) is 17.8. The van der Waals surface area contributed by atoms with Crippen LogP contribution in [-0.4, -0.2) is 32.8 Å². The molecule has 0 aliphatic carbocycles. The highest BCUT2D eigenvalue weighted by atomic mass is 19.1. The lowest BCUT2D eigenvalue weighted by atomic mass is 9.98. The molecule has 3 aromatic carbocycles. The number of rotatable bonds is 3. The summed E-state index contributed by atoms with van der Waals surface area (Å²) in [6.07, 6.45) is 3.46. The third-order valence-corrected chi connectivity index (χ3v) is 6.21. The van der Waals surface area contributed by atoms with E-state index in [1.807, 2.05) is 30.3 Å². The molecule has 3 heterocycles. The topological polar surface area (TPSA) is 82.1 Å². The van der Waals surface area contributed by atoms with E-state index in [9.17, 15) is 14.3 Å². The summed E-state index contributed by atoms with van der Waals surface area (Å²) < 4.78 is 13.9. The average molecular weight is 438 g/mol. The van der Waals surface area contributed by atoms with Gasteiger partial charge < -0.3 is 10.0 Å². The zero-order chi connectivity index (χ0) is 22.5. The quantitative estimate of drug-likeness (QED) is 0.378. The summed E-state index contributed by atoms with van der Waals surface area (Å²) in [4.78, 5) is 18.7. The van der Waals surface area contributed by atoms with Gasteiger partial charge in [0.2, 0.25) is 0 Å². The van der Waals surface area contributed by atoms with Gasteiger partial charge in [0.05, 0.1) is 34.2 Å². The van der Waals surface area contributed by atoms with Gasteiger partial charge in [-0.05, 0) is 73.0 Å². The molecule has 2 aromatic heterocycles. The van der Waals surface area contributed by atoms with Crippen molar-refractivity contribution in [3.05, 3.63) is 83.8 Å². The number of aryl methyl sites for hydroxylation is 1. The van der Waals surface area contributed by atoms with Crippen molar-refractivity contribution < 1.29 is 14.3 Å². The van der Waals surface area contributed by atoms with Crippen LogP contribution in [0.5, 0.6) is 0 Å². The van der Waals surface area contributed by atoms with Crippen LogP contribution in [0.4, 0.5) is 15.8 Å². The van der Waals surface area contributed by atoms with E-state index in [0.29, 0.717) is 5.52 Å². The van der Waals surface area contributed by atoms with Gasteiger partial charge in [0.15, 0.2) is 0 Å². The van der Waals surface area contributed by atoms with E-state index in [1.54, 1.807) is 30.5 Å². The summed E-state index contributed by atoms with van der Waals surface area (Å²) in [5, 5.41) is 18.3. The second kappa shape index (κ2) is 7.41. The molecular formula is C26H19FN4O2. The maximum absolute atomic E-state index is 13.9. The van der Waals surface area contributed by atoms with Crippen molar-refractivity contribution in [3.8, 4) is 11.3 Å². The maximum Gasteiger partial charge on any atom is 0.335 e. The largest absolute Gasteiger partial charge is 0.478 e. The molecule has 6 rings (SSSR count). The number of aromatic nitrogens is 3. The second-order valence-electron chi connectivity index (χ2n) is 8.27. The number of nitrogens with one attached hydrogen (secondary N) is 1. The van der Waals surface area contributed by atoms with Crippen LogP contribution in [0, 0.1) is 5.82 Å². The molecule has 5 aromatic rings.